The summed E-state index contributed by atoms with van der Waals surface area (Å²) < 4.78 is 6.08. The molecule has 0 radical (unpaired) electrons. The zero-order valence-electron chi connectivity index (χ0n) is 16.0. The van der Waals surface area contributed by atoms with Gasteiger partial charge in [-0.3, -0.25) is 9.59 Å². The number of thiophene rings is 1. The Morgan fingerprint density at radius 1 is 1.14 bits per heavy atom. The number of anilines is 1. The van der Waals surface area contributed by atoms with Gasteiger partial charge in [-0.2, -0.15) is 0 Å². The first-order valence-electron chi connectivity index (χ1n) is 10.0. The number of carbonyl (C=O) groups excluding carboxylic acids is 2. The molecule has 3 aromatic rings. The monoisotopic (exact) mass is 406 g/mol. The quantitative estimate of drug-likeness (QED) is 0.667. The molecule has 3 heterocycles. The first kappa shape index (κ1) is 18.2. The minimum atomic E-state index is -0.0996. The van der Waals surface area contributed by atoms with Gasteiger partial charge < -0.3 is 14.6 Å². The largest absolute Gasteiger partial charge is 0.461 e. The van der Waals surface area contributed by atoms with E-state index in [1.54, 1.807) is 6.07 Å². The van der Waals surface area contributed by atoms with E-state index in [9.17, 15) is 9.59 Å². The summed E-state index contributed by atoms with van der Waals surface area (Å²) in [6.45, 7) is 1.38. The molecule has 0 unspecified atom stereocenters. The van der Waals surface area contributed by atoms with E-state index in [2.05, 4.69) is 11.4 Å². The Morgan fingerprint density at radius 3 is 2.66 bits per heavy atom. The smallest absolute Gasteiger partial charge is 0.265 e. The van der Waals surface area contributed by atoms with Gasteiger partial charge in [-0.05, 0) is 54.6 Å². The van der Waals surface area contributed by atoms with Crippen molar-refractivity contribution in [2.45, 2.75) is 32.2 Å². The van der Waals surface area contributed by atoms with Gasteiger partial charge in [0.15, 0.2) is 0 Å². The molecule has 1 saturated carbocycles. The summed E-state index contributed by atoms with van der Waals surface area (Å²) in [5.41, 5.74) is 2.82. The summed E-state index contributed by atoms with van der Waals surface area (Å²) in [7, 11) is 0. The molecule has 1 fully saturated rings. The van der Waals surface area contributed by atoms with E-state index in [0.29, 0.717) is 17.3 Å². The number of benzene rings is 1. The predicted octanol–water partition coefficient (Wildman–Crippen LogP) is 4.95. The highest BCUT2D eigenvalue weighted by atomic mass is 32.1. The highest BCUT2D eigenvalue weighted by Crippen LogP contribution is 2.33. The van der Waals surface area contributed by atoms with Crippen LogP contribution >= 0.6 is 11.3 Å². The van der Waals surface area contributed by atoms with Crippen molar-refractivity contribution in [3.05, 3.63) is 64.0 Å². The third kappa shape index (κ3) is 3.60. The molecule has 2 amide bonds. The lowest BCUT2D eigenvalue weighted by Crippen LogP contribution is -2.41. The van der Waals surface area contributed by atoms with Gasteiger partial charge in [0.05, 0.1) is 4.88 Å². The third-order valence-corrected chi connectivity index (χ3v) is 6.67. The molecule has 0 bridgehead atoms. The Labute approximate surface area is 173 Å². The van der Waals surface area contributed by atoms with Crippen LogP contribution in [0.5, 0.6) is 0 Å². The normalized spacial score (nSPS) is 16.2. The molecular formula is C23H22N2O3S. The topological polar surface area (TPSA) is 62.6 Å². The van der Waals surface area contributed by atoms with Crippen molar-refractivity contribution >= 4 is 28.8 Å². The fourth-order valence-corrected chi connectivity index (χ4v) is 4.51. The zero-order valence-corrected chi connectivity index (χ0v) is 16.8. The van der Waals surface area contributed by atoms with Crippen LogP contribution in [0.4, 0.5) is 5.69 Å². The van der Waals surface area contributed by atoms with Gasteiger partial charge in [-0.1, -0.05) is 12.5 Å². The van der Waals surface area contributed by atoms with Gasteiger partial charge in [0.2, 0.25) is 5.91 Å². The summed E-state index contributed by atoms with van der Waals surface area (Å²) in [5.74, 6) is 2.23. The van der Waals surface area contributed by atoms with Gasteiger partial charge in [0.25, 0.3) is 5.91 Å². The Hall–Kier alpha value is -2.86. The molecule has 1 N–H and O–H groups in total. The van der Waals surface area contributed by atoms with Crippen molar-refractivity contribution in [2.24, 2.45) is 5.92 Å². The Bertz CT molecular complexity index is 1030. The summed E-state index contributed by atoms with van der Waals surface area (Å²) in [6, 6.07) is 13.4. The lowest BCUT2D eigenvalue weighted by Gasteiger charge is -2.33. The molecule has 29 heavy (non-hydrogen) atoms. The van der Waals surface area contributed by atoms with E-state index in [1.807, 2.05) is 40.6 Å². The maximum atomic E-state index is 12.5. The molecule has 1 aliphatic heterocycles. The van der Waals surface area contributed by atoms with E-state index in [4.69, 9.17) is 4.42 Å². The van der Waals surface area contributed by atoms with Crippen molar-refractivity contribution in [1.82, 2.24) is 4.90 Å². The molecule has 2 aromatic heterocycles. The number of amides is 2. The highest BCUT2D eigenvalue weighted by Gasteiger charge is 2.32. The number of nitrogens with one attached hydrogen (secondary N) is 1. The second kappa shape index (κ2) is 7.52. The molecule has 2 aliphatic rings. The molecule has 6 heteroatoms. The zero-order chi connectivity index (χ0) is 19.8. The van der Waals surface area contributed by atoms with E-state index in [1.165, 1.54) is 17.8 Å². The van der Waals surface area contributed by atoms with Crippen LogP contribution in [0.1, 0.15) is 40.3 Å². The second-order valence-electron chi connectivity index (χ2n) is 7.71. The second-order valence-corrected chi connectivity index (χ2v) is 8.65. The number of furan rings is 1. The standard InChI is InChI=1S/C23H22N2O3S/c26-22(21-5-2-12-29-21)24-18-8-6-15(7-9-18)20-13-17-14-25(11-10-19(17)28-20)23(27)16-3-1-4-16/h2,5-9,12-13,16H,1,3-4,10-11,14H2,(H,24,26). The highest BCUT2D eigenvalue weighted by molar-refractivity contribution is 7.12. The minimum absolute atomic E-state index is 0.0996. The fourth-order valence-electron chi connectivity index (χ4n) is 3.90. The van der Waals surface area contributed by atoms with Crippen LogP contribution in [0, 0.1) is 5.92 Å². The molecule has 0 saturated heterocycles. The Kier molecular flexibility index (Phi) is 4.72. The maximum absolute atomic E-state index is 12.5. The van der Waals surface area contributed by atoms with Crippen LogP contribution in [0.3, 0.4) is 0 Å². The molecule has 5 rings (SSSR count). The molecule has 0 atom stereocenters. The first-order valence-corrected chi connectivity index (χ1v) is 10.9. The van der Waals surface area contributed by atoms with Gasteiger partial charge in [0.1, 0.15) is 11.5 Å². The summed E-state index contributed by atoms with van der Waals surface area (Å²) in [4.78, 5) is 27.4. The lowest BCUT2D eigenvalue weighted by atomic mass is 9.84. The van der Waals surface area contributed by atoms with Crippen LogP contribution < -0.4 is 5.32 Å². The van der Waals surface area contributed by atoms with Crippen LogP contribution in [0.2, 0.25) is 0 Å². The Balaban J connectivity index is 1.28. The van der Waals surface area contributed by atoms with Crippen LogP contribution in [-0.2, 0) is 17.8 Å². The number of hydrogen-bond donors (Lipinski definition) is 1. The number of nitrogens with zero attached hydrogens (tertiary/aromatic N) is 1. The van der Waals surface area contributed by atoms with Gasteiger partial charge in [-0.15, -0.1) is 11.3 Å². The van der Waals surface area contributed by atoms with E-state index in [-0.39, 0.29) is 11.8 Å². The molecule has 1 aromatic carbocycles. The lowest BCUT2D eigenvalue weighted by molar-refractivity contribution is -0.139. The Morgan fingerprint density at radius 2 is 1.97 bits per heavy atom. The van der Waals surface area contributed by atoms with E-state index >= 15 is 0 Å². The van der Waals surface area contributed by atoms with E-state index in [0.717, 1.165) is 54.1 Å². The average molecular weight is 407 g/mol. The SMILES string of the molecule is O=C(Nc1ccc(-c2cc3c(o2)CCN(C(=O)C2CCC2)C3)cc1)c1cccs1. The summed E-state index contributed by atoms with van der Waals surface area (Å²) >= 11 is 1.42. The third-order valence-electron chi connectivity index (χ3n) is 5.80. The van der Waals surface area contributed by atoms with Crippen molar-refractivity contribution in [1.29, 1.82) is 0 Å². The molecular weight excluding hydrogens is 384 g/mol. The molecule has 5 nitrogen and oxygen atoms in total. The molecule has 0 spiro atoms. The van der Waals surface area contributed by atoms with E-state index < -0.39 is 0 Å². The number of fused-ring (bicyclic) bond motifs is 1. The molecule has 1 aliphatic carbocycles. The van der Waals surface area contributed by atoms with Gasteiger partial charge in [0, 0.05) is 42.2 Å². The predicted molar refractivity (Wildman–Crippen MR) is 113 cm³/mol. The van der Waals surface area contributed by atoms with Crippen molar-refractivity contribution < 1.29 is 14.0 Å². The number of hydrogen-bond acceptors (Lipinski definition) is 4. The van der Waals surface area contributed by atoms with Gasteiger partial charge in [-0.25, -0.2) is 0 Å². The summed E-state index contributed by atoms with van der Waals surface area (Å²) in [5, 5.41) is 4.79. The fraction of sp³-hybridized carbons (Fsp3) is 0.304. The van der Waals surface area contributed by atoms with Crippen molar-refractivity contribution in [3.8, 4) is 11.3 Å². The van der Waals surface area contributed by atoms with Crippen LogP contribution in [0.15, 0.2) is 52.3 Å². The maximum Gasteiger partial charge on any atom is 0.265 e. The number of carbonyl (C=O) groups is 2. The van der Waals surface area contributed by atoms with Crippen LogP contribution in [0.25, 0.3) is 11.3 Å². The summed E-state index contributed by atoms with van der Waals surface area (Å²) in [6.07, 6.45) is 4.01. The van der Waals surface area contributed by atoms with Crippen molar-refractivity contribution in [2.75, 3.05) is 11.9 Å². The minimum Gasteiger partial charge on any atom is -0.461 e. The van der Waals surface area contributed by atoms with Crippen molar-refractivity contribution in [3.63, 3.8) is 0 Å². The van der Waals surface area contributed by atoms with Crippen LogP contribution in [-0.4, -0.2) is 23.3 Å². The number of rotatable bonds is 4. The molecule has 148 valence electrons. The average Bonchev–Trinajstić information content (AvgIpc) is 3.36. The van der Waals surface area contributed by atoms with Gasteiger partial charge >= 0.3 is 0 Å². The first-order chi connectivity index (χ1) is 14.2.